The van der Waals surface area contributed by atoms with Gasteiger partial charge in [-0.2, -0.15) is 9.97 Å². The van der Waals surface area contributed by atoms with Crippen molar-refractivity contribution >= 4 is 47.4 Å². The molecule has 0 spiro atoms. The standard InChI is InChI=1S/2C27H30N2O8/c2*1-14(30)35-18-12-17(24(32)34-4)26(2)11-10-16-25(33)36-19(13-27(16,3)21(26)20(18)31)23-28-22(29-37-23)15-8-6-5-7-9-15/h2*5-9,16-19,21H,10-13H2,1-4H3/t16-,17+,18+,19+,21+,26+,27+;16-,17-,18-,19-,21-,26-,27-/m10/s1. The number of cyclic esters (lactones) is 2. The number of esters is 6. The summed E-state index contributed by atoms with van der Waals surface area (Å²) in [6, 6.07) is 18.5. The number of fused-ring (bicyclic) bond motifs is 6. The molecular formula is C54H60N4O16. The van der Waals surface area contributed by atoms with Gasteiger partial charge in [0.1, 0.15) is 0 Å². The fraction of sp³-hybridized carbons (Fsp3) is 0.556. The predicted molar refractivity (Wildman–Crippen MR) is 253 cm³/mol. The number of carbonyl (C=O) groups excluding carboxylic acids is 8. The number of hydrogen-bond acceptors (Lipinski definition) is 20. The van der Waals surface area contributed by atoms with Crippen molar-refractivity contribution in [2.45, 2.75) is 117 Å². The number of ether oxygens (including phenoxy) is 6. The maximum atomic E-state index is 13.9. The average molecular weight is 1020 g/mol. The summed E-state index contributed by atoms with van der Waals surface area (Å²) in [7, 11) is 2.61. The Labute approximate surface area is 426 Å². The number of carbonyl (C=O) groups is 8. The van der Waals surface area contributed by atoms with Gasteiger partial charge in [-0.15, -0.1) is 0 Å². The molecule has 14 atom stereocenters. The Morgan fingerprint density at radius 2 is 0.919 bits per heavy atom. The van der Waals surface area contributed by atoms with E-state index in [0.29, 0.717) is 37.3 Å². The van der Waals surface area contributed by atoms with Crippen molar-refractivity contribution in [1.82, 2.24) is 20.3 Å². The Morgan fingerprint density at radius 3 is 1.26 bits per heavy atom. The molecule has 6 aliphatic rings. The molecule has 74 heavy (non-hydrogen) atoms. The fourth-order valence-electron chi connectivity index (χ4n) is 14.1. The van der Waals surface area contributed by atoms with Gasteiger partial charge in [-0.05, 0) is 47.3 Å². The van der Waals surface area contributed by atoms with E-state index in [1.807, 2.05) is 88.4 Å². The van der Waals surface area contributed by atoms with Gasteiger partial charge in [-0.25, -0.2) is 0 Å². The zero-order valence-electron chi connectivity index (χ0n) is 42.5. The van der Waals surface area contributed by atoms with Gasteiger partial charge in [0.25, 0.3) is 11.8 Å². The Hall–Kier alpha value is -7.12. The van der Waals surface area contributed by atoms with Crippen molar-refractivity contribution in [2.24, 2.45) is 57.2 Å². The first-order valence-corrected chi connectivity index (χ1v) is 24.9. The smallest absolute Gasteiger partial charge is 0.310 e. The molecule has 0 bridgehead atoms. The minimum Gasteiger partial charge on any atom is -0.469 e. The highest BCUT2D eigenvalue weighted by Gasteiger charge is 2.70. The highest BCUT2D eigenvalue weighted by molar-refractivity contribution is 5.94. The van der Waals surface area contributed by atoms with Gasteiger partial charge in [-0.1, -0.05) is 98.7 Å². The first-order valence-electron chi connectivity index (χ1n) is 24.9. The maximum Gasteiger partial charge on any atom is 0.310 e. The second kappa shape index (κ2) is 19.6. The minimum absolute atomic E-state index is 0.0524. The summed E-state index contributed by atoms with van der Waals surface area (Å²) in [6.45, 7) is 10.0. The largest absolute Gasteiger partial charge is 0.469 e. The van der Waals surface area contributed by atoms with Gasteiger partial charge in [0.15, 0.2) is 36.0 Å². The van der Waals surface area contributed by atoms with Gasteiger partial charge in [0.05, 0.1) is 37.9 Å². The fourth-order valence-corrected chi connectivity index (χ4v) is 14.1. The summed E-state index contributed by atoms with van der Waals surface area (Å²) in [4.78, 5) is 113. The molecule has 0 radical (unpaired) electrons. The number of nitrogens with zero attached hydrogens (tertiary/aromatic N) is 4. The normalized spacial score (nSPS) is 35.1. The summed E-state index contributed by atoms with van der Waals surface area (Å²) in [5, 5.41) is 8.10. The molecule has 6 fully saturated rings. The lowest BCUT2D eigenvalue weighted by Gasteiger charge is -2.60. The van der Waals surface area contributed by atoms with Crippen LogP contribution in [0, 0.1) is 57.2 Å². The van der Waals surface area contributed by atoms with E-state index in [1.165, 1.54) is 28.1 Å². The van der Waals surface area contributed by atoms with Gasteiger partial charge < -0.3 is 37.5 Å². The average Bonchev–Trinajstić information content (AvgIpc) is 4.07. The van der Waals surface area contributed by atoms with Crippen LogP contribution in [-0.4, -0.2) is 94.1 Å². The van der Waals surface area contributed by atoms with E-state index in [9.17, 15) is 38.4 Å². The predicted octanol–water partition coefficient (Wildman–Crippen LogP) is 6.91. The van der Waals surface area contributed by atoms with Crippen molar-refractivity contribution < 1.29 is 75.8 Å². The first-order chi connectivity index (χ1) is 35.2. The van der Waals surface area contributed by atoms with Crippen LogP contribution in [-0.2, 0) is 66.8 Å². The van der Waals surface area contributed by atoms with Crippen LogP contribution < -0.4 is 0 Å². The van der Waals surface area contributed by atoms with Crippen LogP contribution in [0.5, 0.6) is 0 Å². The van der Waals surface area contributed by atoms with Crippen LogP contribution in [0.3, 0.4) is 0 Å². The Kier molecular flexibility index (Phi) is 13.7. The molecule has 20 heteroatoms. The third kappa shape index (κ3) is 8.86. The van der Waals surface area contributed by atoms with Crippen molar-refractivity contribution in [3.8, 4) is 22.8 Å². The van der Waals surface area contributed by atoms with Gasteiger partial charge in [-0.3, -0.25) is 38.4 Å². The highest BCUT2D eigenvalue weighted by atomic mass is 16.6. The van der Waals surface area contributed by atoms with E-state index in [1.54, 1.807) is 0 Å². The van der Waals surface area contributed by atoms with Gasteiger partial charge in [0.2, 0.25) is 11.6 Å². The number of methoxy groups -OCH3 is 2. The van der Waals surface area contributed by atoms with Crippen LogP contribution in [0.4, 0.5) is 0 Å². The summed E-state index contributed by atoms with van der Waals surface area (Å²) in [6.07, 6.45) is -1.52. The first kappa shape index (κ1) is 51.8. The van der Waals surface area contributed by atoms with Crippen LogP contribution in [0.15, 0.2) is 69.7 Å². The zero-order valence-corrected chi connectivity index (χ0v) is 42.5. The quantitative estimate of drug-likeness (QED) is 0.128. The van der Waals surface area contributed by atoms with E-state index in [-0.39, 0.29) is 49.0 Å². The molecule has 2 aliphatic heterocycles. The van der Waals surface area contributed by atoms with Crippen LogP contribution in [0.1, 0.15) is 117 Å². The molecule has 10 rings (SSSR count). The lowest BCUT2D eigenvalue weighted by atomic mass is 9.43. The number of benzene rings is 2. The SMILES string of the molecule is COC(=O)[C@@H]1C[C@H](OC(C)=O)C(=O)[C@@H]2[C@@]3(C)C[C@@H](c4nc(-c5ccccc5)no4)OC(=O)[C@H]3CC[C@]21C.COC(=O)[C@@H]1C[C@H](OC(C)=O)C(=O)[C@H]2[C@@]1(C)CC[C@H]1C(=O)O[C@H](c3nc(-c4ccccc4)no3)C[C@]21C. The summed E-state index contributed by atoms with van der Waals surface area (Å²) < 4.78 is 43.5. The molecule has 4 aromatic rings. The molecule has 2 saturated heterocycles. The van der Waals surface area contributed by atoms with Crippen LogP contribution in [0.25, 0.3) is 22.8 Å². The monoisotopic (exact) mass is 1020 g/mol. The van der Waals surface area contributed by atoms with Crippen LogP contribution in [0.2, 0.25) is 0 Å². The van der Waals surface area contributed by atoms with Crippen molar-refractivity contribution in [3.05, 3.63) is 72.4 Å². The van der Waals surface area contributed by atoms with Gasteiger partial charge in [0, 0.05) is 62.5 Å². The molecule has 0 unspecified atom stereocenters. The third-order valence-electron chi connectivity index (χ3n) is 17.3. The Bertz CT molecular complexity index is 2680. The second-order valence-corrected chi connectivity index (χ2v) is 21.6. The topological polar surface area (TPSA) is 270 Å². The number of rotatable bonds is 8. The molecule has 4 saturated carbocycles. The van der Waals surface area contributed by atoms with Gasteiger partial charge >= 0.3 is 35.8 Å². The molecule has 4 heterocycles. The van der Waals surface area contributed by atoms with E-state index >= 15 is 0 Å². The third-order valence-corrected chi connectivity index (χ3v) is 17.3. The van der Waals surface area contributed by atoms with E-state index in [0.717, 1.165) is 11.1 Å². The van der Waals surface area contributed by atoms with E-state index in [4.69, 9.17) is 37.5 Å². The maximum absolute atomic E-state index is 13.9. The van der Waals surface area contributed by atoms with Crippen molar-refractivity contribution in [1.29, 1.82) is 0 Å². The lowest BCUT2D eigenvalue weighted by molar-refractivity contribution is -0.213. The molecule has 20 nitrogen and oxygen atoms in total. The van der Waals surface area contributed by atoms with E-state index in [2.05, 4.69) is 20.3 Å². The van der Waals surface area contributed by atoms with E-state index < -0.39 is 117 Å². The molecule has 392 valence electrons. The molecular weight excluding hydrogens is 961 g/mol. The molecule has 0 amide bonds. The minimum atomic E-state index is -1.10. The number of ketones is 2. The summed E-state index contributed by atoms with van der Waals surface area (Å²) in [5.74, 6) is -6.59. The Balaban J connectivity index is 0.000000182. The highest BCUT2D eigenvalue weighted by Crippen LogP contribution is 2.67. The molecule has 2 aromatic carbocycles. The second-order valence-electron chi connectivity index (χ2n) is 21.6. The molecule has 4 aliphatic carbocycles. The number of Topliss-reactive ketones (excluding diaryl/α,β-unsaturated/α-hetero) is 2. The summed E-state index contributed by atoms with van der Waals surface area (Å²) >= 11 is 0. The zero-order chi connectivity index (χ0) is 53.1. The lowest BCUT2D eigenvalue weighted by Crippen LogP contribution is -2.64. The Morgan fingerprint density at radius 1 is 0.554 bits per heavy atom. The molecule has 0 N–H and O–H groups in total. The van der Waals surface area contributed by atoms with Crippen molar-refractivity contribution in [2.75, 3.05) is 14.2 Å². The number of hydrogen-bond donors (Lipinski definition) is 0. The molecule has 2 aromatic heterocycles. The summed E-state index contributed by atoms with van der Waals surface area (Å²) in [5.41, 5.74) is -1.90. The van der Waals surface area contributed by atoms with Crippen molar-refractivity contribution in [3.63, 3.8) is 0 Å². The number of aromatic nitrogens is 4. The van der Waals surface area contributed by atoms with Crippen LogP contribution >= 0.6 is 0 Å².